The molecule has 1 aromatic carbocycles. The molecule has 20 heavy (non-hydrogen) atoms. The minimum atomic E-state index is 0.885. The number of rotatable bonds is 3. The zero-order valence-electron chi connectivity index (χ0n) is 11.8. The molecule has 0 aliphatic carbocycles. The molecule has 106 valence electrons. The number of hydrogen-bond acceptors (Lipinski definition) is 3. The van der Waals surface area contributed by atoms with Crippen LogP contribution in [0.3, 0.4) is 0 Å². The van der Waals surface area contributed by atoms with Crippen LogP contribution in [0.15, 0.2) is 42.7 Å². The summed E-state index contributed by atoms with van der Waals surface area (Å²) in [7, 11) is 1.99. The van der Waals surface area contributed by atoms with Gasteiger partial charge in [-0.15, -0.1) is 0 Å². The first-order valence-electron chi connectivity index (χ1n) is 6.98. The summed E-state index contributed by atoms with van der Waals surface area (Å²) in [6, 6.07) is 10.6. The van der Waals surface area contributed by atoms with Gasteiger partial charge in [0.1, 0.15) is 0 Å². The monoisotopic (exact) mass is 288 g/mol. The predicted molar refractivity (Wildman–Crippen MR) is 84.5 cm³/mol. The summed E-state index contributed by atoms with van der Waals surface area (Å²) in [6.45, 7) is 5.19. The Bertz CT molecular complexity index is 608. The van der Waals surface area contributed by atoms with Crippen molar-refractivity contribution < 1.29 is 0 Å². The van der Waals surface area contributed by atoms with Crippen LogP contribution in [-0.4, -0.2) is 40.2 Å². The number of imidazole rings is 1. The Morgan fingerprint density at radius 1 is 1.00 bits per heavy atom. The molecule has 0 amide bonds. The van der Waals surface area contributed by atoms with Crippen LogP contribution in [0.5, 0.6) is 0 Å². The van der Waals surface area contributed by atoms with Crippen molar-refractivity contribution >= 4 is 17.9 Å². The molecule has 0 N–H and O–H groups in total. The van der Waals surface area contributed by atoms with E-state index in [1.165, 1.54) is 5.69 Å². The van der Waals surface area contributed by atoms with Gasteiger partial charge in [-0.1, -0.05) is 18.2 Å². The summed E-state index contributed by atoms with van der Waals surface area (Å²) >= 11 is 5.38. The first-order valence-corrected chi connectivity index (χ1v) is 7.39. The van der Waals surface area contributed by atoms with Gasteiger partial charge in [0.2, 0.25) is 0 Å². The van der Waals surface area contributed by atoms with Crippen molar-refractivity contribution in [2.24, 2.45) is 7.05 Å². The Labute approximate surface area is 124 Å². The van der Waals surface area contributed by atoms with Crippen LogP contribution in [0.25, 0.3) is 0 Å². The Hall–Kier alpha value is -1.59. The minimum Gasteiger partial charge on any atom is -0.369 e. The third-order valence-electron chi connectivity index (χ3n) is 3.86. The quantitative estimate of drug-likeness (QED) is 0.807. The molecule has 1 saturated heterocycles. The van der Waals surface area contributed by atoms with E-state index < -0.39 is 0 Å². The lowest BCUT2D eigenvalue weighted by molar-refractivity contribution is 0.204. The fourth-order valence-electron chi connectivity index (χ4n) is 2.62. The zero-order valence-corrected chi connectivity index (χ0v) is 12.6. The van der Waals surface area contributed by atoms with E-state index in [1.807, 2.05) is 17.8 Å². The summed E-state index contributed by atoms with van der Waals surface area (Å²) in [5.74, 6) is 0. The lowest BCUT2D eigenvalue weighted by Crippen LogP contribution is -2.46. The van der Waals surface area contributed by atoms with E-state index in [4.69, 9.17) is 12.2 Å². The molecule has 5 heteroatoms. The summed E-state index contributed by atoms with van der Waals surface area (Å²) < 4.78 is 5.00. The maximum absolute atomic E-state index is 5.38. The van der Waals surface area contributed by atoms with E-state index in [0.717, 1.165) is 37.6 Å². The largest absolute Gasteiger partial charge is 0.369 e. The van der Waals surface area contributed by atoms with Crippen molar-refractivity contribution in [3.05, 3.63) is 47.5 Å². The second-order valence-corrected chi connectivity index (χ2v) is 5.61. The first-order chi connectivity index (χ1) is 9.74. The molecular weight excluding hydrogens is 268 g/mol. The second kappa shape index (κ2) is 5.81. The van der Waals surface area contributed by atoms with Crippen LogP contribution < -0.4 is 4.90 Å². The fraction of sp³-hybridized carbons (Fsp3) is 0.400. The van der Waals surface area contributed by atoms with Gasteiger partial charge in [0, 0.05) is 51.3 Å². The molecule has 0 unspecified atom stereocenters. The summed E-state index contributed by atoms with van der Waals surface area (Å²) in [4.78, 5) is 4.90. The third-order valence-corrected chi connectivity index (χ3v) is 4.39. The van der Waals surface area contributed by atoms with E-state index in [-0.39, 0.29) is 0 Å². The Balaban J connectivity index is 1.59. The highest BCUT2D eigenvalue weighted by atomic mass is 32.1. The molecule has 3 rings (SSSR count). The van der Waals surface area contributed by atoms with E-state index in [1.54, 1.807) is 0 Å². The number of hydrogen-bond donors (Lipinski definition) is 0. The van der Waals surface area contributed by atoms with Crippen LogP contribution in [0.1, 0.15) is 0 Å². The summed E-state index contributed by atoms with van der Waals surface area (Å²) in [5.41, 5.74) is 1.32. The molecule has 1 aliphatic heterocycles. The van der Waals surface area contributed by atoms with Gasteiger partial charge in [0.05, 0.1) is 6.67 Å². The lowest BCUT2D eigenvalue weighted by Gasteiger charge is -2.36. The number of nitrogens with zero attached hydrogens (tertiary/aromatic N) is 4. The zero-order chi connectivity index (χ0) is 13.9. The van der Waals surface area contributed by atoms with Crippen LogP contribution in [0.4, 0.5) is 5.69 Å². The Morgan fingerprint density at radius 2 is 1.70 bits per heavy atom. The molecule has 0 saturated carbocycles. The van der Waals surface area contributed by atoms with Gasteiger partial charge in [-0.05, 0) is 24.4 Å². The number of aryl methyl sites for hydroxylation is 1. The highest BCUT2D eigenvalue weighted by Crippen LogP contribution is 2.15. The van der Waals surface area contributed by atoms with E-state index in [0.29, 0.717) is 0 Å². The highest BCUT2D eigenvalue weighted by molar-refractivity contribution is 7.71. The molecule has 4 nitrogen and oxygen atoms in total. The van der Waals surface area contributed by atoms with Gasteiger partial charge in [-0.3, -0.25) is 4.90 Å². The topological polar surface area (TPSA) is 16.3 Å². The Morgan fingerprint density at radius 3 is 2.30 bits per heavy atom. The number of piperazine rings is 1. The second-order valence-electron chi connectivity index (χ2n) is 5.24. The van der Waals surface area contributed by atoms with Crippen molar-refractivity contribution in [2.45, 2.75) is 6.67 Å². The number of benzene rings is 1. The molecule has 0 atom stereocenters. The Kier molecular flexibility index (Phi) is 3.89. The van der Waals surface area contributed by atoms with Gasteiger partial charge in [-0.2, -0.15) is 0 Å². The maximum Gasteiger partial charge on any atom is 0.180 e. The number of para-hydroxylation sites is 1. The fourth-order valence-corrected chi connectivity index (χ4v) is 2.80. The molecule has 0 spiro atoms. The van der Waals surface area contributed by atoms with Gasteiger partial charge in [-0.25, -0.2) is 0 Å². The molecular formula is C15H20N4S. The standard InChI is InChI=1S/C15H20N4S/c1-16-7-10-19(15(16)20)13-17-8-11-18(12-9-17)14-5-3-2-4-6-14/h2-7,10H,8-9,11-13H2,1H3. The first kappa shape index (κ1) is 13.4. The molecule has 2 heterocycles. The van der Waals surface area contributed by atoms with Crippen LogP contribution in [-0.2, 0) is 13.7 Å². The van der Waals surface area contributed by atoms with Crippen molar-refractivity contribution in [1.29, 1.82) is 0 Å². The third kappa shape index (κ3) is 2.78. The summed E-state index contributed by atoms with van der Waals surface area (Å²) in [5, 5.41) is 0. The molecule has 1 fully saturated rings. The average Bonchev–Trinajstić information content (AvgIpc) is 2.81. The van der Waals surface area contributed by atoms with Crippen molar-refractivity contribution in [3.8, 4) is 0 Å². The molecule has 1 aromatic heterocycles. The van der Waals surface area contributed by atoms with Crippen LogP contribution >= 0.6 is 12.2 Å². The van der Waals surface area contributed by atoms with E-state index >= 15 is 0 Å². The molecule has 1 aliphatic rings. The van der Waals surface area contributed by atoms with E-state index in [9.17, 15) is 0 Å². The lowest BCUT2D eigenvalue weighted by atomic mass is 10.2. The average molecular weight is 288 g/mol. The molecule has 0 radical (unpaired) electrons. The van der Waals surface area contributed by atoms with Crippen molar-refractivity contribution in [2.75, 3.05) is 31.1 Å². The number of anilines is 1. The SMILES string of the molecule is Cn1ccn(CN2CCN(c3ccccc3)CC2)c1=S. The predicted octanol–water partition coefficient (Wildman–Crippen LogP) is 2.34. The normalized spacial score (nSPS) is 16.6. The van der Waals surface area contributed by atoms with Crippen molar-refractivity contribution in [1.82, 2.24) is 14.0 Å². The smallest absolute Gasteiger partial charge is 0.180 e. The molecule has 2 aromatic rings. The van der Waals surface area contributed by atoms with Gasteiger partial charge in [0.15, 0.2) is 4.77 Å². The number of aromatic nitrogens is 2. The van der Waals surface area contributed by atoms with Gasteiger partial charge < -0.3 is 14.0 Å². The summed E-state index contributed by atoms with van der Waals surface area (Å²) in [6.07, 6.45) is 4.08. The van der Waals surface area contributed by atoms with Gasteiger partial charge in [0.25, 0.3) is 0 Å². The van der Waals surface area contributed by atoms with Crippen LogP contribution in [0, 0.1) is 4.77 Å². The van der Waals surface area contributed by atoms with E-state index in [2.05, 4.69) is 50.9 Å². The van der Waals surface area contributed by atoms with Gasteiger partial charge >= 0.3 is 0 Å². The van der Waals surface area contributed by atoms with Crippen LogP contribution in [0.2, 0.25) is 0 Å². The minimum absolute atomic E-state index is 0.885. The highest BCUT2D eigenvalue weighted by Gasteiger charge is 2.17. The van der Waals surface area contributed by atoms with Crippen molar-refractivity contribution in [3.63, 3.8) is 0 Å². The maximum atomic E-state index is 5.38. The molecule has 0 bridgehead atoms.